The predicted octanol–water partition coefficient (Wildman–Crippen LogP) is 2.80. The number of benzene rings is 3. The lowest BCUT2D eigenvalue weighted by Crippen LogP contribution is -2.45. The van der Waals surface area contributed by atoms with Crippen molar-refractivity contribution >= 4 is 45.5 Å². The smallest absolute Gasteiger partial charge is 0.165 e. The molecule has 2 N–H and O–H groups in total. The number of aromatic nitrogens is 1. The lowest BCUT2D eigenvalue weighted by molar-refractivity contribution is 0.736. The fraction of sp³-hybridized carbons (Fsp3) is 0.118. The molecule has 0 saturated heterocycles. The van der Waals surface area contributed by atoms with Gasteiger partial charge in [-0.15, -0.1) is 0 Å². The van der Waals surface area contributed by atoms with E-state index in [0.29, 0.717) is 46.7 Å². The van der Waals surface area contributed by atoms with Crippen LogP contribution in [0.3, 0.4) is 0 Å². The molecule has 4 aromatic rings. The number of hydrogen-bond donors (Lipinski definition) is 2. The van der Waals surface area contributed by atoms with Crippen molar-refractivity contribution in [3.63, 3.8) is 0 Å². The second-order valence-corrected chi connectivity index (χ2v) is 10.7. The van der Waals surface area contributed by atoms with Crippen LogP contribution in [0.15, 0.2) is 126 Å². The Kier molecular flexibility index (Phi) is 5.65. The first-order valence-corrected chi connectivity index (χ1v) is 14.2. The van der Waals surface area contributed by atoms with Gasteiger partial charge in [-0.1, -0.05) is 84.9 Å². The van der Waals surface area contributed by atoms with E-state index in [0.717, 1.165) is 49.1 Å². The van der Waals surface area contributed by atoms with Gasteiger partial charge in [0.1, 0.15) is 0 Å². The Balaban J connectivity index is 1.58. The van der Waals surface area contributed by atoms with E-state index in [1.807, 2.05) is 73.1 Å². The van der Waals surface area contributed by atoms with E-state index in [1.54, 1.807) is 0 Å². The molecule has 208 valence electrons. The molecule has 0 saturated carbocycles. The maximum absolute atomic E-state index is 5.17. The highest BCUT2D eigenvalue weighted by Crippen LogP contribution is 2.23. The Morgan fingerprint density at radius 3 is 2.05 bits per heavy atom. The van der Waals surface area contributed by atoms with E-state index in [-0.39, 0.29) is 0 Å². The van der Waals surface area contributed by atoms with Gasteiger partial charge in [0.15, 0.2) is 40.1 Å². The molecule has 0 unspecified atom stereocenters. The van der Waals surface area contributed by atoms with Crippen LogP contribution in [-0.2, 0) is 0 Å². The van der Waals surface area contributed by atoms with Crippen LogP contribution >= 0.6 is 0 Å². The topological polar surface area (TPSA) is 103 Å². The molecular formula is C34H27N9. The molecule has 4 aliphatic heterocycles. The number of nitrogens with one attached hydrogen (secondary N) is 2. The molecule has 9 nitrogen and oxygen atoms in total. The monoisotopic (exact) mass is 561 g/mol. The highest BCUT2D eigenvalue weighted by atomic mass is 15.6. The average Bonchev–Trinajstić information content (AvgIpc) is 3.64. The van der Waals surface area contributed by atoms with E-state index in [2.05, 4.69) is 48.2 Å². The highest BCUT2D eigenvalue weighted by Gasteiger charge is 2.25. The minimum atomic E-state index is 0.474. The second-order valence-electron chi connectivity index (χ2n) is 10.7. The van der Waals surface area contributed by atoms with Crippen LogP contribution < -0.4 is 32.4 Å². The summed E-state index contributed by atoms with van der Waals surface area (Å²) in [5.74, 6) is 3.11. The molecule has 43 heavy (non-hydrogen) atoms. The van der Waals surface area contributed by atoms with Gasteiger partial charge in [-0.05, 0) is 31.6 Å². The van der Waals surface area contributed by atoms with Gasteiger partial charge < -0.3 is 0 Å². The van der Waals surface area contributed by atoms with Crippen LogP contribution in [-0.4, -0.2) is 34.6 Å². The van der Waals surface area contributed by atoms with Gasteiger partial charge in [-0.2, -0.15) is 0 Å². The molecule has 0 amide bonds. The normalized spacial score (nSPS) is 19.7. The van der Waals surface area contributed by atoms with Crippen molar-refractivity contribution in [1.29, 1.82) is 0 Å². The van der Waals surface area contributed by atoms with Gasteiger partial charge in [0.2, 0.25) is 0 Å². The van der Waals surface area contributed by atoms with Crippen LogP contribution in [0.1, 0.15) is 31.9 Å². The first-order valence-electron chi connectivity index (χ1n) is 14.2. The Morgan fingerprint density at radius 1 is 0.674 bits per heavy atom. The van der Waals surface area contributed by atoms with E-state index >= 15 is 0 Å². The standard InChI is InChI=1S/C34H27N9/c1-4-11-22-20(3)28-36-30(22)38-32-23-13-6-5-12-21(23)19(2)18-35-29-24-14-7-8-15-25(24)31(37-29)40-34-27-17-10-9-16-26(27)33(39-28)43(34)42-41-32/h4-17,41-42H,18H2,1-3H3/b11-4-,21-19+,32-23-,35-29?,38-30?,39-33?,40-34?. The molecule has 3 aromatic carbocycles. The number of hydrazine groups is 1. The van der Waals surface area contributed by atoms with Crippen molar-refractivity contribution in [2.24, 2.45) is 30.0 Å². The third kappa shape index (κ3) is 3.93. The molecule has 6 bridgehead atoms. The molecule has 9 heteroatoms. The number of allylic oxidation sites excluding steroid dienone is 1. The van der Waals surface area contributed by atoms with Crippen molar-refractivity contribution < 1.29 is 0 Å². The molecule has 5 heterocycles. The van der Waals surface area contributed by atoms with Crippen molar-refractivity contribution in [2.75, 3.05) is 12.1 Å². The highest BCUT2D eigenvalue weighted by molar-refractivity contribution is 6.23. The minimum Gasteiger partial charge on any atom is -0.269 e. The third-order valence-corrected chi connectivity index (χ3v) is 8.01. The van der Waals surface area contributed by atoms with Gasteiger partial charge in [0.05, 0.1) is 6.54 Å². The van der Waals surface area contributed by atoms with Gasteiger partial charge >= 0.3 is 0 Å². The Morgan fingerprint density at radius 2 is 1.30 bits per heavy atom. The summed E-state index contributed by atoms with van der Waals surface area (Å²) < 4.78 is 1.86. The van der Waals surface area contributed by atoms with Crippen LogP contribution in [0, 0.1) is 0 Å². The van der Waals surface area contributed by atoms with Crippen LogP contribution in [0.5, 0.6) is 0 Å². The molecule has 0 aliphatic carbocycles. The zero-order valence-corrected chi connectivity index (χ0v) is 23.9. The Hall–Kier alpha value is -5.70. The number of hydrogen-bond acceptors (Lipinski definition) is 8. The van der Waals surface area contributed by atoms with E-state index in [1.165, 1.54) is 0 Å². The number of fused-ring (bicyclic) bond motifs is 11. The molecule has 0 fully saturated rings. The van der Waals surface area contributed by atoms with Gasteiger partial charge in [-0.25, -0.2) is 35.2 Å². The Bertz CT molecular complexity index is 2340. The zero-order valence-electron chi connectivity index (χ0n) is 23.9. The van der Waals surface area contributed by atoms with E-state index < -0.39 is 0 Å². The SMILES string of the molecule is C/C=C\C1=C(C)C2=NC1=N/C1=c3\cccc\c3=C(\C)CN=C3N=C(N=c4c5ccccc5c(n4NN1)=N2)c1ccccc13. The molecule has 4 aliphatic rings. The molecule has 0 radical (unpaired) electrons. The first kappa shape index (κ1) is 25.0. The van der Waals surface area contributed by atoms with Gasteiger partial charge in [0, 0.05) is 38.3 Å². The summed E-state index contributed by atoms with van der Waals surface area (Å²) in [4.78, 5) is 30.3. The third-order valence-electron chi connectivity index (χ3n) is 8.01. The maximum Gasteiger partial charge on any atom is 0.165 e. The molecule has 0 spiro atoms. The average molecular weight is 562 g/mol. The summed E-state index contributed by atoms with van der Waals surface area (Å²) in [7, 11) is 0. The molecule has 8 rings (SSSR count). The largest absolute Gasteiger partial charge is 0.269 e. The van der Waals surface area contributed by atoms with E-state index in [9.17, 15) is 0 Å². The fourth-order valence-corrected chi connectivity index (χ4v) is 5.84. The number of nitrogens with zero attached hydrogens (tertiary/aromatic N) is 7. The number of amidine groups is 4. The summed E-state index contributed by atoms with van der Waals surface area (Å²) in [6.07, 6.45) is 4.04. The first-order chi connectivity index (χ1) is 21.1. The quantitative estimate of drug-likeness (QED) is 0.373. The lowest BCUT2D eigenvalue weighted by Gasteiger charge is -2.13. The van der Waals surface area contributed by atoms with Crippen molar-refractivity contribution in [1.82, 2.24) is 10.1 Å². The van der Waals surface area contributed by atoms with Crippen molar-refractivity contribution in [2.45, 2.75) is 20.8 Å². The molecule has 0 atom stereocenters. The number of aliphatic imine (C=N–C) groups is 4. The molecular weight excluding hydrogens is 534 g/mol. The van der Waals surface area contributed by atoms with Crippen molar-refractivity contribution in [3.05, 3.63) is 129 Å². The van der Waals surface area contributed by atoms with Crippen molar-refractivity contribution in [3.8, 4) is 0 Å². The Labute approximate surface area is 246 Å². The minimum absolute atomic E-state index is 0.474. The van der Waals surface area contributed by atoms with Crippen LogP contribution in [0.4, 0.5) is 0 Å². The summed E-state index contributed by atoms with van der Waals surface area (Å²) in [6.45, 7) is 6.60. The van der Waals surface area contributed by atoms with Gasteiger partial charge in [0.25, 0.3) is 0 Å². The summed E-state index contributed by atoms with van der Waals surface area (Å²) in [5.41, 5.74) is 13.0. The maximum atomic E-state index is 5.17. The van der Waals surface area contributed by atoms with E-state index in [4.69, 9.17) is 30.0 Å². The summed E-state index contributed by atoms with van der Waals surface area (Å²) in [6, 6.07) is 24.4. The van der Waals surface area contributed by atoms with Crippen LogP contribution in [0.2, 0.25) is 0 Å². The van der Waals surface area contributed by atoms with Crippen LogP contribution in [0.25, 0.3) is 22.2 Å². The number of rotatable bonds is 1. The molecule has 1 aromatic heterocycles. The van der Waals surface area contributed by atoms with Gasteiger partial charge in [-0.3, -0.25) is 10.4 Å². The lowest BCUT2D eigenvalue weighted by atomic mass is 10.1. The zero-order chi connectivity index (χ0) is 29.1. The fourth-order valence-electron chi connectivity index (χ4n) is 5.84. The predicted molar refractivity (Wildman–Crippen MR) is 172 cm³/mol. The summed E-state index contributed by atoms with van der Waals surface area (Å²) >= 11 is 0. The summed E-state index contributed by atoms with van der Waals surface area (Å²) in [5, 5.41) is 3.81. The second kappa shape index (κ2) is 9.70.